The van der Waals surface area contributed by atoms with E-state index in [-0.39, 0.29) is 6.10 Å². The SMILES string of the molecule is COc1ccc(-c2nc3c(c(N[C@H]4CC[C@H](O)CC4)n2)CCCC3)cc1. The summed E-state index contributed by atoms with van der Waals surface area (Å²) in [6, 6.07) is 8.33. The third-order valence-corrected chi connectivity index (χ3v) is 5.57. The first-order chi connectivity index (χ1) is 12.7. The quantitative estimate of drug-likeness (QED) is 0.876. The second-order valence-corrected chi connectivity index (χ2v) is 7.41. The molecule has 0 spiro atoms. The molecule has 5 nitrogen and oxygen atoms in total. The minimum Gasteiger partial charge on any atom is -0.497 e. The van der Waals surface area contributed by atoms with Gasteiger partial charge >= 0.3 is 0 Å². The zero-order valence-corrected chi connectivity index (χ0v) is 15.4. The van der Waals surface area contributed by atoms with Gasteiger partial charge in [0.15, 0.2) is 5.82 Å². The molecule has 0 amide bonds. The molecule has 0 saturated heterocycles. The van der Waals surface area contributed by atoms with E-state index in [4.69, 9.17) is 14.7 Å². The second kappa shape index (κ2) is 7.62. The van der Waals surface area contributed by atoms with Crippen LogP contribution in [0.25, 0.3) is 11.4 Å². The molecule has 0 aliphatic heterocycles. The molecule has 4 rings (SSSR count). The highest BCUT2D eigenvalue weighted by Gasteiger charge is 2.23. The molecule has 2 aromatic rings. The van der Waals surface area contributed by atoms with Crippen molar-refractivity contribution in [1.82, 2.24) is 9.97 Å². The van der Waals surface area contributed by atoms with E-state index in [2.05, 4.69) is 5.32 Å². The van der Waals surface area contributed by atoms with Gasteiger partial charge in [-0.05, 0) is 75.6 Å². The summed E-state index contributed by atoms with van der Waals surface area (Å²) in [6.07, 6.45) is 8.08. The van der Waals surface area contributed by atoms with Crippen LogP contribution in [0, 0.1) is 0 Å². The fourth-order valence-corrected chi connectivity index (χ4v) is 4.00. The van der Waals surface area contributed by atoms with Crippen molar-refractivity contribution >= 4 is 5.82 Å². The molecule has 1 saturated carbocycles. The van der Waals surface area contributed by atoms with Crippen LogP contribution in [-0.2, 0) is 12.8 Å². The number of aliphatic hydroxyl groups is 1. The Hall–Kier alpha value is -2.14. The summed E-state index contributed by atoms with van der Waals surface area (Å²) in [7, 11) is 1.67. The third-order valence-electron chi connectivity index (χ3n) is 5.57. The molecular formula is C21H27N3O2. The minimum absolute atomic E-state index is 0.137. The van der Waals surface area contributed by atoms with Crippen LogP contribution in [0.3, 0.4) is 0 Å². The van der Waals surface area contributed by atoms with Gasteiger partial charge in [0.1, 0.15) is 11.6 Å². The first-order valence-corrected chi connectivity index (χ1v) is 9.72. The maximum absolute atomic E-state index is 9.76. The molecule has 1 aromatic carbocycles. The number of nitrogens with zero attached hydrogens (tertiary/aromatic N) is 2. The molecule has 26 heavy (non-hydrogen) atoms. The van der Waals surface area contributed by atoms with Crippen LogP contribution in [0.4, 0.5) is 5.82 Å². The number of benzene rings is 1. The molecule has 1 heterocycles. The van der Waals surface area contributed by atoms with Gasteiger partial charge in [0.2, 0.25) is 0 Å². The normalized spacial score (nSPS) is 22.5. The van der Waals surface area contributed by atoms with Crippen LogP contribution in [0.1, 0.15) is 49.8 Å². The van der Waals surface area contributed by atoms with Crippen molar-refractivity contribution in [2.45, 2.75) is 63.5 Å². The molecule has 2 aliphatic rings. The number of hydrogen-bond acceptors (Lipinski definition) is 5. The summed E-state index contributed by atoms with van der Waals surface area (Å²) in [6.45, 7) is 0. The van der Waals surface area contributed by atoms with E-state index in [0.717, 1.165) is 61.5 Å². The van der Waals surface area contributed by atoms with E-state index in [9.17, 15) is 5.11 Å². The Morgan fingerprint density at radius 1 is 1.00 bits per heavy atom. The van der Waals surface area contributed by atoms with Crippen LogP contribution >= 0.6 is 0 Å². The van der Waals surface area contributed by atoms with Crippen LogP contribution in [0.15, 0.2) is 24.3 Å². The fraction of sp³-hybridized carbons (Fsp3) is 0.524. The summed E-state index contributed by atoms with van der Waals surface area (Å²) in [4.78, 5) is 9.77. The van der Waals surface area contributed by atoms with Crippen LogP contribution in [0.5, 0.6) is 5.75 Å². The molecule has 138 valence electrons. The average molecular weight is 353 g/mol. The molecule has 0 bridgehead atoms. The summed E-state index contributed by atoms with van der Waals surface area (Å²) in [5, 5.41) is 13.4. The number of methoxy groups -OCH3 is 1. The van der Waals surface area contributed by atoms with Gasteiger partial charge in [0.25, 0.3) is 0 Å². The highest BCUT2D eigenvalue weighted by molar-refractivity contribution is 5.61. The predicted octanol–water partition coefficient (Wildman–Crippen LogP) is 3.75. The van der Waals surface area contributed by atoms with Crippen molar-refractivity contribution in [1.29, 1.82) is 0 Å². The summed E-state index contributed by atoms with van der Waals surface area (Å²) in [5.74, 6) is 2.62. The van der Waals surface area contributed by atoms with E-state index in [1.807, 2.05) is 24.3 Å². The first-order valence-electron chi connectivity index (χ1n) is 9.72. The van der Waals surface area contributed by atoms with Crippen LogP contribution in [-0.4, -0.2) is 34.3 Å². The molecular weight excluding hydrogens is 326 g/mol. The number of ether oxygens (including phenoxy) is 1. The summed E-state index contributed by atoms with van der Waals surface area (Å²) >= 11 is 0. The molecule has 5 heteroatoms. The van der Waals surface area contributed by atoms with E-state index in [1.54, 1.807) is 7.11 Å². The predicted molar refractivity (Wildman–Crippen MR) is 103 cm³/mol. The Morgan fingerprint density at radius 2 is 1.73 bits per heavy atom. The van der Waals surface area contributed by atoms with Crippen molar-refractivity contribution in [3.8, 4) is 17.1 Å². The molecule has 0 unspecified atom stereocenters. The highest BCUT2D eigenvalue weighted by atomic mass is 16.5. The van der Waals surface area contributed by atoms with Gasteiger partial charge in [-0.2, -0.15) is 0 Å². The number of aliphatic hydroxyl groups excluding tert-OH is 1. The van der Waals surface area contributed by atoms with Gasteiger partial charge in [0.05, 0.1) is 13.2 Å². The van der Waals surface area contributed by atoms with Crippen molar-refractivity contribution in [3.63, 3.8) is 0 Å². The number of aromatic nitrogens is 2. The van der Waals surface area contributed by atoms with E-state index >= 15 is 0 Å². The molecule has 2 N–H and O–H groups in total. The van der Waals surface area contributed by atoms with Gasteiger partial charge in [-0.3, -0.25) is 0 Å². The fourth-order valence-electron chi connectivity index (χ4n) is 4.00. The summed E-state index contributed by atoms with van der Waals surface area (Å²) in [5.41, 5.74) is 3.50. The Balaban J connectivity index is 1.65. The molecule has 0 atom stereocenters. The monoisotopic (exact) mass is 353 g/mol. The Labute approximate surface area is 154 Å². The van der Waals surface area contributed by atoms with Gasteiger partial charge in [-0.1, -0.05) is 0 Å². The van der Waals surface area contributed by atoms with E-state index < -0.39 is 0 Å². The van der Waals surface area contributed by atoms with Crippen LogP contribution < -0.4 is 10.1 Å². The van der Waals surface area contributed by atoms with Gasteiger partial charge < -0.3 is 15.2 Å². The van der Waals surface area contributed by atoms with Crippen molar-refractivity contribution in [2.24, 2.45) is 0 Å². The lowest BCUT2D eigenvalue weighted by Crippen LogP contribution is -2.29. The van der Waals surface area contributed by atoms with Crippen LogP contribution in [0.2, 0.25) is 0 Å². The van der Waals surface area contributed by atoms with Crippen molar-refractivity contribution in [3.05, 3.63) is 35.5 Å². The number of fused-ring (bicyclic) bond motifs is 1. The van der Waals surface area contributed by atoms with E-state index in [0.29, 0.717) is 6.04 Å². The zero-order chi connectivity index (χ0) is 17.9. The lowest BCUT2D eigenvalue weighted by Gasteiger charge is -2.28. The Bertz CT molecular complexity index is 753. The van der Waals surface area contributed by atoms with E-state index in [1.165, 1.54) is 24.1 Å². The largest absolute Gasteiger partial charge is 0.497 e. The number of nitrogens with one attached hydrogen (secondary N) is 1. The number of anilines is 1. The minimum atomic E-state index is -0.137. The maximum Gasteiger partial charge on any atom is 0.161 e. The lowest BCUT2D eigenvalue weighted by molar-refractivity contribution is 0.126. The number of hydrogen-bond donors (Lipinski definition) is 2. The number of aryl methyl sites for hydroxylation is 1. The first kappa shape index (κ1) is 17.3. The van der Waals surface area contributed by atoms with Crippen molar-refractivity contribution in [2.75, 3.05) is 12.4 Å². The highest BCUT2D eigenvalue weighted by Crippen LogP contribution is 2.31. The maximum atomic E-state index is 9.76. The molecule has 1 aromatic heterocycles. The Kier molecular flexibility index (Phi) is 5.07. The molecule has 2 aliphatic carbocycles. The van der Waals surface area contributed by atoms with Gasteiger partial charge in [-0.25, -0.2) is 9.97 Å². The molecule has 1 fully saturated rings. The van der Waals surface area contributed by atoms with Gasteiger partial charge in [-0.15, -0.1) is 0 Å². The zero-order valence-electron chi connectivity index (χ0n) is 15.4. The standard InChI is InChI=1S/C21H27N3O2/c1-26-17-12-6-14(7-13-17)20-23-19-5-3-2-4-18(19)21(24-20)22-15-8-10-16(25)11-9-15/h6-7,12-13,15-16,25H,2-5,8-11H2,1H3,(H,22,23,24)/t15-,16-. The smallest absolute Gasteiger partial charge is 0.161 e. The Morgan fingerprint density at radius 3 is 2.46 bits per heavy atom. The third kappa shape index (κ3) is 3.68. The average Bonchev–Trinajstić information content (AvgIpc) is 2.69. The topological polar surface area (TPSA) is 67.3 Å². The molecule has 0 radical (unpaired) electrons. The van der Waals surface area contributed by atoms with Crippen molar-refractivity contribution < 1.29 is 9.84 Å². The summed E-state index contributed by atoms with van der Waals surface area (Å²) < 4.78 is 5.25. The van der Waals surface area contributed by atoms with Gasteiger partial charge in [0, 0.05) is 22.9 Å². The lowest BCUT2D eigenvalue weighted by atomic mass is 9.92. The number of rotatable bonds is 4. The second-order valence-electron chi connectivity index (χ2n) is 7.41.